The molecule has 28 heavy (non-hydrogen) atoms. The van der Waals surface area contributed by atoms with Gasteiger partial charge in [0.2, 0.25) is 0 Å². The number of amides is 1. The number of aromatic nitrogens is 2. The number of anilines is 1. The molecule has 1 N–H and O–H groups in total. The Morgan fingerprint density at radius 1 is 1.14 bits per heavy atom. The van der Waals surface area contributed by atoms with Crippen LogP contribution in [0.2, 0.25) is 0 Å². The van der Waals surface area contributed by atoms with Crippen molar-refractivity contribution in [3.05, 3.63) is 70.1 Å². The van der Waals surface area contributed by atoms with E-state index in [0.29, 0.717) is 22.0 Å². The summed E-state index contributed by atoms with van der Waals surface area (Å²) >= 11 is 0. The van der Waals surface area contributed by atoms with Crippen LogP contribution in [0.1, 0.15) is 23.0 Å². The van der Waals surface area contributed by atoms with Gasteiger partial charge in [0.15, 0.2) is 11.8 Å². The third-order valence-corrected chi connectivity index (χ3v) is 4.08. The molecule has 1 heterocycles. The van der Waals surface area contributed by atoms with Gasteiger partial charge in [-0.25, -0.2) is 9.48 Å². The van der Waals surface area contributed by atoms with Crippen LogP contribution in [0.4, 0.5) is 5.69 Å². The Labute approximate surface area is 160 Å². The second-order valence-electron chi connectivity index (χ2n) is 6.05. The maximum Gasteiger partial charge on any atom is 0.360 e. The van der Waals surface area contributed by atoms with Gasteiger partial charge in [0.1, 0.15) is 0 Å². The molecule has 0 aliphatic rings. The Kier molecular flexibility index (Phi) is 5.18. The zero-order valence-corrected chi connectivity index (χ0v) is 15.2. The van der Waals surface area contributed by atoms with Crippen LogP contribution < -0.4 is 10.9 Å². The first-order valence-electron chi connectivity index (χ1n) is 8.38. The van der Waals surface area contributed by atoms with E-state index >= 15 is 0 Å². The molecule has 140 valence electrons. The molecule has 0 aliphatic heterocycles. The fourth-order valence-electron chi connectivity index (χ4n) is 2.59. The summed E-state index contributed by atoms with van der Waals surface area (Å²) in [4.78, 5) is 37.0. The number of nitriles is 1. The highest BCUT2D eigenvalue weighted by molar-refractivity contribution is 6.03. The molecule has 1 aromatic heterocycles. The largest absolute Gasteiger partial charge is 0.448 e. The molecule has 3 aromatic rings. The van der Waals surface area contributed by atoms with Gasteiger partial charge in [0.25, 0.3) is 11.5 Å². The van der Waals surface area contributed by atoms with Crippen LogP contribution in [0.15, 0.2) is 53.3 Å². The minimum atomic E-state index is -1.10. The van der Waals surface area contributed by atoms with E-state index in [0.717, 1.165) is 4.68 Å². The van der Waals surface area contributed by atoms with Crippen molar-refractivity contribution in [3.8, 4) is 6.07 Å². The van der Waals surface area contributed by atoms with Crippen molar-refractivity contribution >= 4 is 28.3 Å². The van der Waals surface area contributed by atoms with Gasteiger partial charge in [0.05, 0.1) is 17.0 Å². The summed E-state index contributed by atoms with van der Waals surface area (Å²) in [6, 6.07) is 14.8. The molecular weight excluding hydrogens is 360 g/mol. The minimum Gasteiger partial charge on any atom is -0.448 e. The standard InChI is InChI=1S/C20H16N4O4/c1-12(18(25)22-14-9-7-13(11-21)8-10-14)28-20(27)17-15-5-3-4-6-16(15)19(26)24(2)23-17/h3-10,12H,1-2H3,(H,22,25)/t12-/m0/s1. The summed E-state index contributed by atoms with van der Waals surface area (Å²) < 4.78 is 6.29. The summed E-state index contributed by atoms with van der Waals surface area (Å²) in [5.41, 5.74) is 0.553. The van der Waals surface area contributed by atoms with Gasteiger partial charge >= 0.3 is 5.97 Å². The third kappa shape index (κ3) is 3.73. The van der Waals surface area contributed by atoms with E-state index in [4.69, 9.17) is 10.00 Å². The van der Waals surface area contributed by atoms with E-state index in [1.54, 1.807) is 48.5 Å². The molecule has 0 radical (unpaired) electrons. The summed E-state index contributed by atoms with van der Waals surface area (Å²) in [6.07, 6.45) is -1.10. The molecular formula is C20H16N4O4. The average Bonchev–Trinajstić information content (AvgIpc) is 2.71. The molecule has 0 aliphatic carbocycles. The zero-order chi connectivity index (χ0) is 20.3. The summed E-state index contributed by atoms with van der Waals surface area (Å²) in [7, 11) is 1.44. The minimum absolute atomic E-state index is 0.0456. The summed E-state index contributed by atoms with van der Waals surface area (Å²) in [5.74, 6) is -1.35. The first-order chi connectivity index (χ1) is 13.4. The first-order valence-corrected chi connectivity index (χ1v) is 8.38. The number of benzene rings is 2. The van der Waals surface area contributed by atoms with Crippen molar-refractivity contribution in [2.24, 2.45) is 7.05 Å². The third-order valence-electron chi connectivity index (χ3n) is 4.08. The summed E-state index contributed by atoms with van der Waals surface area (Å²) in [6.45, 7) is 1.43. The fraction of sp³-hybridized carbons (Fsp3) is 0.150. The molecule has 0 fully saturated rings. The van der Waals surface area contributed by atoms with Crippen molar-refractivity contribution in [2.45, 2.75) is 13.0 Å². The van der Waals surface area contributed by atoms with Gasteiger partial charge in [-0.1, -0.05) is 18.2 Å². The van der Waals surface area contributed by atoms with Crippen LogP contribution in [-0.2, 0) is 16.6 Å². The van der Waals surface area contributed by atoms with Gasteiger partial charge in [0, 0.05) is 18.1 Å². The second kappa shape index (κ2) is 7.72. The number of fused-ring (bicyclic) bond motifs is 1. The average molecular weight is 376 g/mol. The van der Waals surface area contributed by atoms with E-state index < -0.39 is 18.0 Å². The highest BCUT2D eigenvalue weighted by Gasteiger charge is 2.23. The van der Waals surface area contributed by atoms with Crippen molar-refractivity contribution in [2.75, 3.05) is 5.32 Å². The number of rotatable bonds is 4. The molecule has 0 bridgehead atoms. The van der Waals surface area contributed by atoms with Crippen LogP contribution in [0.5, 0.6) is 0 Å². The lowest BCUT2D eigenvalue weighted by molar-refractivity contribution is -0.123. The highest BCUT2D eigenvalue weighted by Crippen LogP contribution is 2.15. The zero-order valence-electron chi connectivity index (χ0n) is 15.2. The van der Waals surface area contributed by atoms with Gasteiger partial charge < -0.3 is 10.1 Å². The molecule has 0 saturated heterocycles. The monoisotopic (exact) mass is 376 g/mol. The van der Waals surface area contributed by atoms with Crippen LogP contribution in [-0.4, -0.2) is 27.8 Å². The second-order valence-corrected chi connectivity index (χ2v) is 6.05. The lowest BCUT2D eigenvalue weighted by Crippen LogP contribution is -2.31. The molecule has 1 amide bonds. The van der Waals surface area contributed by atoms with Crippen LogP contribution in [0, 0.1) is 11.3 Å². The Bertz CT molecular complexity index is 1160. The normalized spacial score (nSPS) is 11.5. The number of ether oxygens (including phenoxy) is 1. The molecule has 0 unspecified atom stereocenters. The number of aryl methyl sites for hydroxylation is 1. The lowest BCUT2D eigenvalue weighted by atomic mass is 10.1. The topological polar surface area (TPSA) is 114 Å². The summed E-state index contributed by atoms with van der Waals surface area (Å²) in [5, 5.41) is 16.1. The van der Waals surface area contributed by atoms with E-state index in [-0.39, 0.29) is 11.3 Å². The molecule has 0 saturated carbocycles. The number of carbonyl (C=O) groups is 2. The molecule has 0 spiro atoms. The first kappa shape index (κ1) is 18.8. The predicted octanol–water partition coefficient (Wildman–Crippen LogP) is 1.99. The van der Waals surface area contributed by atoms with Crippen molar-refractivity contribution < 1.29 is 14.3 Å². The van der Waals surface area contributed by atoms with Crippen molar-refractivity contribution in [3.63, 3.8) is 0 Å². The lowest BCUT2D eigenvalue weighted by Gasteiger charge is -2.14. The Balaban J connectivity index is 1.78. The van der Waals surface area contributed by atoms with E-state index in [1.807, 2.05) is 6.07 Å². The molecule has 3 rings (SSSR count). The van der Waals surface area contributed by atoms with Crippen LogP contribution >= 0.6 is 0 Å². The van der Waals surface area contributed by atoms with Gasteiger partial charge in [-0.3, -0.25) is 9.59 Å². The molecule has 8 nitrogen and oxygen atoms in total. The van der Waals surface area contributed by atoms with Crippen molar-refractivity contribution in [1.29, 1.82) is 5.26 Å². The highest BCUT2D eigenvalue weighted by atomic mass is 16.5. The maximum absolute atomic E-state index is 12.6. The maximum atomic E-state index is 12.6. The van der Waals surface area contributed by atoms with Gasteiger partial charge in [-0.05, 0) is 37.3 Å². The quantitative estimate of drug-likeness (QED) is 0.697. The molecule has 2 aromatic carbocycles. The van der Waals surface area contributed by atoms with E-state index in [9.17, 15) is 14.4 Å². The Hall–Kier alpha value is -3.99. The Morgan fingerprint density at radius 2 is 1.79 bits per heavy atom. The molecule has 8 heteroatoms. The van der Waals surface area contributed by atoms with Crippen LogP contribution in [0.25, 0.3) is 10.8 Å². The smallest absolute Gasteiger partial charge is 0.360 e. The van der Waals surface area contributed by atoms with Gasteiger partial charge in [-0.15, -0.1) is 0 Å². The number of nitrogens with one attached hydrogen (secondary N) is 1. The SMILES string of the molecule is C[C@H](OC(=O)c1nn(C)c(=O)c2ccccc12)C(=O)Nc1ccc(C#N)cc1. The van der Waals surface area contributed by atoms with E-state index in [2.05, 4.69) is 10.4 Å². The number of hydrogen-bond donors (Lipinski definition) is 1. The number of nitrogens with zero attached hydrogens (tertiary/aromatic N) is 3. The van der Waals surface area contributed by atoms with Gasteiger partial charge in [-0.2, -0.15) is 10.4 Å². The van der Waals surface area contributed by atoms with Crippen molar-refractivity contribution in [1.82, 2.24) is 9.78 Å². The number of esters is 1. The van der Waals surface area contributed by atoms with Crippen LogP contribution in [0.3, 0.4) is 0 Å². The number of hydrogen-bond acceptors (Lipinski definition) is 6. The predicted molar refractivity (Wildman–Crippen MR) is 102 cm³/mol. The fourth-order valence-corrected chi connectivity index (χ4v) is 2.59. The van der Waals surface area contributed by atoms with E-state index in [1.165, 1.54) is 14.0 Å². The molecule has 1 atom stereocenters. The number of carbonyl (C=O) groups excluding carboxylic acids is 2. The Morgan fingerprint density at radius 3 is 2.43 bits per heavy atom.